The van der Waals surface area contributed by atoms with Crippen LogP contribution in [0.15, 0.2) is 66.9 Å². The summed E-state index contributed by atoms with van der Waals surface area (Å²) in [5.41, 5.74) is 1.74. The SMILES string of the molecule is COc1ccc(CCC(=O)Nc2ccccc2C(=O)OCC(=O)Nc2cccnc2Cl)cc1. The van der Waals surface area contributed by atoms with Crippen LogP contribution in [0, 0.1) is 0 Å². The van der Waals surface area contributed by atoms with Gasteiger partial charge in [-0.15, -0.1) is 0 Å². The number of amides is 2. The summed E-state index contributed by atoms with van der Waals surface area (Å²) in [6, 6.07) is 17.1. The van der Waals surface area contributed by atoms with Crippen LogP contribution < -0.4 is 15.4 Å². The average molecular weight is 468 g/mol. The molecular formula is C24H22ClN3O5. The van der Waals surface area contributed by atoms with Crippen molar-refractivity contribution in [2.24, 2.45) is 0 Å². The Bertz CT molecular complexity index is 1130. The molecule has 2 aromatic carbocycles. The molecule has 9 heteroatoms. The lowest BCUT2D eigenvalue weighted by atomic mass is 10.1. The van der Waals surface area contributed by atoms with Crippen LogP contribution in [0.1, 0.15) is 22.3 Å². The third-order valence-corrected chi connectivity index (χ3v) is 4.89. The number of pyridine rings is 1. The van der Waals surface area contributed by atoms with Gasteiger partial charge in [0.2, 0.25) is 5.91 Å². The maximum absolute atomic E-state index is 12.5. The number of hydrogen-bond acceptors (Lipinski definition) is 6. The van der Waals surface area contributed by atoms with Crippen molar-refractivity contribution in [3.05, 3.63) is 83.1 Å². The number of halogens is 1. The van der Waals surface area contributed by atoms with Crippen molar-refractivity contribution in [3.8, 4) is 5.75 Å². The highest BCUT2D eigenvalue weighted by molar-refractivity contribution is 6.32. The number of nitrogens with one attached hydrogen (secondary N) is 2. The molecule has 0 fully saturated rings. The Kier molecular flexibility index (Phi) is 8.37. The highest BCUT2D eigenvalue weighted by atomic mass is 35.5. The van der Waals surface area contributed by atoms with E-state index in [9.17, 15) is 14.4 Å². The Balaban J connectivity index is 1.54. The molecule has 0 spiro atoms. The fourth-order valence-electron chi connectivity index (χ4n) is 2.91. The number of esters is 1. The van der Waals surface area contributed by atoms with Gasteiger partial charge in [0.1, 0.15) is 5.75 Å². The third-order valence-electron chi connectivity index (χ3n) is 4.59. The minimum atomic E-state index is -0.742. The first kappa shape index (κ1) is 23.7. The summed E-state index contributed by atoms with van der Waals surface area (Å²) in [5.74, 6) is -0.823. The largest absolute Gasteiger partial charge is 0.497 e. The fourth-order valence-corrected chi connectivity index (χ4v) is 3.07. The second-order valence-electron chi connectivity index (χ2n) is 6.91. The second kappa shape index (κ2) is 11.6. The average Bonchev–Trinajstić information content (AvgIpc) is 2.83. The number of carbonyl (C=O) groups excluding carboxylic acids is 3. The van der Waals surface area contributed by atoms with Crippen LogP contribution in [-0.2, 0) is 20.7 Å². The number of nitrogens with zero attached hydrogens (tertiary/aromatic N) is 1. The van der Waals surface area contributed by atoms with Gasteiger partial charge in [0.15, 0.2) is 11.8 Å². The van der Waals surface area contributed by atoms with E-state index in [1.54, 1.807) is 37.4 Å². The lowest BCUT2D eigenvalue weighted by molar-refractivity contribution is -0.119. The van der Waals surface area contributed by atoms with Gasteiger partial charge < -0.3 is 20.1 Å². The standard InChI is InChI=1S/C24H22ClN3O5/c1-32-17-11-8-16(9-12-17)10-13-21(29)27-19-6-3-2-5-18(19)24(31)33-15-22(30)28-20-7-4-14-26-23(20)25/h2-9,11-12,14H,10,13,15H2,1H3,(H,27,29)(H,28,30). The van der Waals surface area contributed by atoms with Crippen molar-refractivity contribution < 1.29 is 23.9 Å². The van der Waals surface area contributed by atoms with Gasteiger partial charge in [0.05, 0.1) is 24.0 Å². The summed E-state index contributed by atoms with van der Waals surface area (Å²) in [5, 5.41) is 5.37. The lowest BCUT2D eigenvalue weighted by Crippen LogP contribution is -2.22. The molecule has 2 amide bonds. The normalized spacial score (nSPS) is 10.2. The Morgan fingerprint density at radius 3 is 2.33 bits per heavy atom. The van der Waals surface area contributed by atoms with E-state index >= 15 is 0 Å². The van der Waals surface area contributed by atoms with Gasteiger partial charge in [-0.1, -0.05) is 35.9 Å². The van der Waals surface area contributed by atoms with Gasteiger partial charge in [0, 0.05) is 12.6 Å². The van der Waals surface area contributed by atoms with Gasteiger partial charge in [-0.2, -0.15) is 0 Å². The van der Waals surface area contributed by atoms with E-state index in [0.29, 0.717) is 17.8 Å². The van der Waals surface area contributed by atoms with Crippen LogP contribution in [0.2, 0.25) is 5.15 Å². The molecule has 0 bridgehead atoms. The first-order valence-corrected chi connectivity index (χ1v) is 10.4. The van der Waals surface area contributed by atoms with Gasteiger partial charge in [0.25, 0.3) is 5.91 Å². The smallest absolute Gasteiger partial charge is 0.340 e. The van der Waals surface area contributed by atoms with Crippen LogP contribution in [0.3, 0.4) is 0 Å². The molecule has 8 nitrogen and oxygen atoms in total. The van der Waals surface area contributed by atoms with E-state index in [1.807, 2.05) is 24.3 Å². The zero-order valence-corrected chi connectivity index (χ0v) is 18.6. The highest BCUT2D eigenvalue weighted by Gasteiger charge is 2.16. The zero-order chi connectivity index (χ0) is 23.6. The maximum atomic E-state index is 12.5. The molecular weight excluding hydrogens is 446 g/mol. The van der Waals surface area contributed by atoms with Crippen LogP contribution >= 0.6 is 11.6 Å². The van der Waals surface area contributed by atoms with Crippen LogP contribution in [0.25, 0.3) is 0 Å². The number of ether oxygens (including phenoxy) is 2. The topological polar surface area (TPSA) is 107 Å². The Hall–Kier alpha value is -3.91. The Labute approximate surface area is 195 Å². The number of anilines is 2. The summed E-state index contributed by atoms with van der Waals surface area (Å²) in [6.07, 6.45) is 2.24. The molecule has 0 aliphatic heterocycles. The molecule has 3 aromatic rings. The number of methoxy groups -OCH3 is 1. The molecule has 1 heterocycles. The number of rotatable bonds is 9. The monoisotopic (exact) mass is 467 g/mol. The molecule has 0 aliphatic rings. The second-order valence-corrected chi connectivity index (χ2v) is 7.27. The summed E-state index contributed by atoms with van der Waals surface area (Å²) >= 11 is 5.90. The molecule has 2 N–H and O–H groups in total. The van der Waals surface area contributed by atoms with E-state index < -0.39 is 18.5 Å². The van der Waals surface area contributed by atoms with Gasteiger partial charge in [-0.05, 0) is 48.4 Å². The number of aromatic nitrogens is 1. The van der Waals surface area contributed by atoms with Crippen molar-refractivity contribution in [1.82, 2.24) is 4.98 Å². The highest BCUT2D eigenvalue weighted by Crippen LogP contribution is 2.19. The molecule has 33 heavy (non-hydrogen) atoms. The first-order chi connectivity index (χ1) is 16.0. The van der Waals surface area contributed by atoms with Crippen molar-refractivity contribution in [2.45, 2.75) is 12.8 Å². The molecule has 170 valence electrons. The lowest BCUT2D eigenvalue weighted by Gasteiger charge is -2.11. The molecule has 3 rings (SSSR count). The van der Waals surface area contributed by atoms with Crippen molar-refractivity contribution in [1.29, 1.82) is 0 Å². The predicted octanol–water partition coefficient (Wildman–Crippen LogP) is 4.11. The molecule has 0 atom stereocenters. The van der Waals surface area contributed by atoms with Gasteiger partial charge >= 0.3 is 5.97 Å². The van der Waals surface area contributed by atoms with Crippen molar-refractivity contribution in [3.63, 3.8) is 0 Å². The van der Waals surface area contributed by atoms with E-state index in [-0.39, 0.29) is 23.0 Å². The summed E-state index contributed by atoms with van der Waals surface area (Å²) in [7, 11) is 1.59. The van der Waals surface area contributed by atoms with Gasteiger partial charge in [-0.3, -0.25) is 9.59 Å². The predicted molar refractivity (Wildman–Crippen MR) is 125 cm³/mol. The van der Waals surface area contributed by atoms with Crippen LogP contribution in [-0.4, -0.2) is 36.5 Å². The van der Waals surface area contributed by atoms with Crippen molar-refractivity contribution in [2.75, 3.05) is 24.4 Å². The Morgan fingerprint density at radius 2 is 1.61 bits per heavy atom. The minimum Gasteiger partial charge on any atom is -0.497 e. The summed E-state index contributed by atoms with van der Waals surface area (Å²) in [6.45, 7) is -0.524. The van der Waals surface area contributed by atoms with Gasteiger partial charge in [-0.25, -0.2) is 9.78 Å². The molecule has 0 aliphatic carbocycles. The van der Waals surface area contributed by atoms with E-state index in [4.69, 9.17) is 21.1 Å². The number of aryl methyl sites for hydroxylation is 1. The summed E-state index contributed by atoms with van der Waals surface area (Å²) in [4.78, 5) is 40.8. The van der Waals surface area contributed by atoms with E-state index in [2.05, 4.69) is 15.6 Å². The van der Waals surface area contributed by atoms with Crippen LogP contribution in [0.4, 0.5) is 11.4 Å². The molecule has 1 aromatic heterocycles. The molecule has 0 saturated carbocycles. The number of hydrogen-bond donors (Lipinski definition) is 2. The third kappa shape index (κ3) is 7.05. The Morgan fingerprint density at radius 1 is 0.909 bits per heavy atom. The minimum absolute atomic E-state index is 0.125. The number of benzene rings is 2. The zero-order valence-electron chi connectivity index (χ0n) is 17.8. The number of carbonyl (C=O) groups is 3. The first-order valence-electron chi connectivity index (χ1n) is 10.1. The summed E-state index contributed by atoms with van der Waals surface area (Å²) < 4.78 is 10.2. The quantitative estimate of drug-likeness (QED) is 0.362. The maximum Gasteiger partial charge on any atom is 0.340 e. The fraction of sp³-hybridized carbons (Fsp3) is 0.167. The molecule has 0 unspecified atom stereocenters. The number of para-hydroxylation sites is 1. The van der Waals surface area contributed by atoms with Crippen LogP contribution in [0.5, 0.6) is 5.75 Å². The van der Waals surface area contributed by atoms with Crippen molar-refractivity contribution >= 4 is 40.8 Å². The van der Waals surface area contributed by atoms with E-state index in [0.717, 1.165) is 11.3 Å². The van der Waals surface area contributed by atoms with E-state index in [1.165, 1.54) is 12.3 Å². The molecule has 0 radical (unpaired) electrons. The molecule has 0 saturated heterocycles.